The van der Waals surface area contributed by atoms with Crippen molar-refractivity contribution in [3.63, 3.8) is 0 Å². The van der Waals surface area contributed by atoms with Crippen LogP contribution in [-0.2, 0) is 9.22 Å². The summed E-state index contributed by atoms with van der Waals surface area (Å²) in [4.78, 5) is 10.8. The van der Waals surface area contributed by atoms with Gasteiger partial charge < -0.3 is 15.9 Å². The Hall–Kier alpha value is -0.393. The topological polar surface area (TPSA) is 78.3 Å². The molecule has 0 aromatic rings. The van der Waals surface area contributed by atoms with E-state index >= 15 is 0 Å². The number of unbranched alkanes of at least 4 members (excludes halogenated alkanes) is 1. The first kappa shape index (κ1) is 10.6. The molecule has 0 rings (SSSR count). The van der Waals surface area contributed by atoms with Crippen LogP contribution in [0.1, 0.15) is 19.3 Å². The SMILES string of the molecule is NCCCC[C@H](N)C(=O)O[SiH3]. The molecule has 0 aromatic carbocycles. The minimum absolute atomic E-state index is 0.284. The summed E-state index contributed by atoms with van der Waals surface area (Å²) in [6.45, 7) is 0.655. The molecule has 0 saturated heterocycles. The first-order valence-corrected chi connectivity index (χ1v) is 4.57. The van der Waals surface area contributed by atoms with Gasteiger partial charge in [-0.05, 0) is 19.4 Å². The van der Waals surface area contributed by atoms with Crippen molar-refractivity contribution < 1.29 is 9.22 Å². The quantitative estimate of drug-likeness (QED) is 0.385. The maximum atomic E-state index is 10.8. The van der Waals surface area contributed by atoms with E-state index in [-0.39, 0.29) is 5.97 Å². The molecule has 0 aliphatic rings. The Morgan fingerprint density at radius 3 is 2.64 bits per heavy atom. The molecule has 0 radical (unpaired) electrons. The fourth-order valence-corrected chi connectivity index (χ4v) is 1.08. The van der Waals surface area contributed by atoms with E-state index in [2.05, 4.69) is 4.43 Å². The van der Waals surface area contributed by atoms with Crippen molar-refractivity contribution in [2.45, 2.75) is 25.3 Å². The highest BCUT2D eigenvalue weighted by Gasteiger charge is 2.11. The van der Waals surface area contributed by atoms with Crippen molar-refractivity contribution in [3.8, 4) is 0 Å². The van der Waals surface area contributed by atoms with Crippen molar-refractivity contribution in [2.75, 3.05) is 6.54 Å². The van der Waals surface area contributed by atoms with Crippen LogP contribution in [0, 0.1) is 0 Å². The molecule has 0 aromatic heterocycles. The highest BCUT2D eigenvalue weighted by Crippen LogP contribution is 1.98. The monoisotopic (exact) mass is 176 g/mol. The van der Waals surface area contributed by atoms with Crippen molar-refractivity contribution in [3.05, 3.63) is 0 Å². The molecule has 11 heavy (non-hydrogen) atoms. The summed E-state index contributed by atoms with van der Waals surface area (Å²) in [5.41, 5.74) is 10.7. The van der Waals surface area contributed by atoms with Gasteiger partial charge in [0.25, 0.3) is 0 Å². The molecule has 0 aliphatic heterocycles. The summed E-state index contributed by atoms with van der Waals surface area (Å²) < 4.78 is 4.59. The zero-order valence-corrected chi connectivity index (χ0v) is 8.88. The van der Waals surface area contributed by atoms with Gasteiger partial charge in [0.05, 0.1) is 0 Å². The molecule has 4 N–H and O–H groups in total. The van der Waals surface area contributed by atoms with Crippen LogP contribution in [0.3, 0.4) is 0 Å². The number of carbonyl (C=O) groups is 1. The van der Waals surface area contributed by atoms with Crippen LogP contribution >= 0.6 is 0 Å². The van der Waals surface area contributed by atoms with Gasteiger partial charge in [0.2, 0.25) is 10.5 Å². The molecular weight excluding hydrogens is 160 g/mol. The maximum Gasteiger partial charge on any atom is 0.308 e. The average molecular weight is 176 g/mol. The maximum absolute atomic E-state index is 10.8. The Morgan fingerprint density at radius 1 is 1.55 bits per heavy atom. The Kier molecular flexibility index (Phi) is 6.10. The van der Waals surface area contributed by atoms with Gasteiger partial charge >= 0.3 is 5.97 Å². The van der Waals surface area contributed by atoms with Crippen LogP contribution in [0.2, 0.25) is 0 Å². The summed E-state index contributed by atoms with van der Waals surface area (Å²) in [6, 6.07) is -0.445. The molecule has 0 amide bonds. The number of rotatable bonds is 5. The molecule has 1 atom stereocenters. The Labute approximate surface area is 69.8 Å². The van der Waals surface area contributed by atoms with Gasteiger partial charge in [0.1, 0.15) is 6.04 Å². The van der Waals surface area contributed by atoms with E-state index in [1.807, 2.05) is 0 Å². The second kappa shape index (κ2) is 6.33. The molecule has 0 unspecified atom stereocenters. The van der Waals surface area contributed by atoms with Crippen LogP contribution in [0.4, 0.5) is 0 Å². The van der Waals surface area contributed by atoms with E-state index in [1.165, 1.54) is 0 Å². The molecule has 0 heterocycles. The van der Waals surface area contributed by atoms with Crippen LogP contribution in [0.15, 0.2) is 0 Å². The molecule has 0 fully saturated rings. The molecule has 5 heteroatoms. The van der Waals surface area contributed by atoms with Gasteiger partial charge in [-0.2, -0.15) is 0 Å². The zero-order valence-electron chi connectivity index (χ0n) is 6.88. The molecule has 4 nitrogen and oxygen atoms in total. The predicted octanol–water partition coefficient (Wildman–Crippen LogP) is -1.73. The molecule has 66 valence electrons. The minimum atomic E-state index is -0.445. The first-order chi connectivity index (χ1) is 5.22. The minimum Gasteiger partial charge on any atom is -0.528 e. The zero-order chi connectivity index (χ0) is 8.69. The average Bonchev–Trinajstić information content (AvgIpc) is 2.03. The molecule has 0 spiro atoms. The number of hydrogen-bond donors (Lipinski definition) is 2. The largest absolute Gasteiger partial charge is 0.528 e. The highest BCUT2D eigenvalue weighted by molar-refractivity contribution is 6.06. The number of hydrogen-bond acceptors (Lipinski definition) is 4. The first-order valence-electron chi connectivity index (χ1n) is 3.76. The lowest BCUT2D eigenvalue weighted by molar-refractivity contribution is -0.135. The van der Waals surface area contributed by atoms with Gasteiger partial charge in [0, 0.05) is 0 Å². The Morgan fingerprint density at radius 2 is 2.18 bits per heavy atom. The van der Waals surface area contributed by atoms with E-state index in [0.717, 1.165) is 12.8 Å². The Bertz CT molecular complexity index is 121. The lowest BCUT2D eigenvalue weighted by Gasteiger charge is -2.08. The van der Waals surface area contributed by atoms with Crippen LogP contribution in [0.5, 0.6) is 0 Å². The van der Waals surface area contributed by atoms with Crippen molar-refractivity contribution in [2.24, 2.45) is 11.5 Å². The van der Waals surface area contributed by atoms with E-state index in [1.54, 1.807) is 0 Å². The third-order valence-electron chi connectivity index (χ3n) is 1.47. The van der Waals surface area contributed by atoms with Gasteiger partial charge in [-0.3, -0.25) is 4.79 Å². The van der Waals surface area contributed by atoms with E-state index in [4.69, 9.17) is 11.5 Å². The van der Waals surface area contributed by atoms with Crippen LogP contribution < -0.4 is 11.5 Å². The Balaban J connectivity index is 3.36. The lowest BCUT2D eigenvalue weighted by atomic mass is 10.1. The second-order valence-electron chi connectivity index (χ2n) is 2.41. The summed E-state index contributed by atoms with van der Waals surface area (Å²) in [6.07, 6.45) is 2.49. The van der Waals surface area contributed by atoms with E-state index in [9.17, 15) is 4.79 Å². The second-order valence-corrected chi connectivity index (χ2v) is 2.82. The molecular formula is C6H16N2O2Si. The van der Waals surface area contributed by atoms with Gasteiger partial charge in [-0.15, -0.1) is 0 Å². The standard InChI is InChI=1S/C6H16N2O2Si/c7-4-2-1-3-5(8)6(9)10-11/h5H,1-4,7-8H2,11H3/t5-/m0/s1. The third kappa shape index (κ3) is 4.94. The normalized spacial score (nSPS) is 12.9. The smallest absolute Gasteiger partial charge is 0.308 e. The predicted molar refractivity (Wildman–Crippen MR) is 46.9 cm³/mol. The van der Waals surface area contributed by atoms with Crippen molar-refractivity contribution >= 4 is 16.5 Å². The van der Waals surface area contributed by atoms with Crippen LogP contribution in [-0.4, -0.2) is 29.0 Å². The van der Waals surface area contributed by atoms with Crippen molar-refractivity contribution in [1.29, 1.82) is 0 Å². The summed E-state index contributed by atoms with van der Waals surface area (Å²) >= 11 is 0. The fraction of sp³-hybridized carbons (Fsp3) is 0.833. The summed E-state index contributed by atoms with van der Waals surface area (Å²) in [7, 11) is 0.426. The third-order valence-corrected chi connectivity index (χ3v) is 1.88. The molecule has 0 aliphatic carbocycles. The van der Waals surface area contributed by atoms with Crippen LogP contribution in [0.25, 0.3) is 0 Å². The van der Waals surface area contributed by atoms with E-state index in [0.29, 0.717) is 23.5 Å². The highest BCUT2D eigenvalue weighted by atomic mass is 28.2. The van der Waals surface area contributed by atoms with Gasteiger partial charge in [-0.25, -0.2) is 0 Å². The van der Waals surface area contributed by atoms with Crippen molar-refractivity contribution in [1.82, 2.24) is 0 Å². The number of carbonyl (C=O) groups excluding carboxylic acids is 1. The van der Waals surface area contributed by atoms with Gasteiger partial charge in [-0.1, -0.05) is 6.42 Å². The summed E-state index contributed by atoms with van der Waals surface area (Å²) in [5.74, 6) is -0.284. The lowest BCUT2D eigenvalue weighted by Crippen LogP contribution is -2.31. The van der Waals surface area contributed by atoms with E-state index < -0.39 is 6.04 Å². The molecule has 0 bridgehead atoms. The van der Waals surface area contributed by atoms with Gasteiger partial charge in [0.15, 0.2) is 0 Å². The summed E-state index contributed by atoms with van der Waals surface area (Å²) in [5, 5.41) is 0. The molecule has 0 saturated carbocycles. The fourth-order valence-electron chi connectivity index (χ4n) is 0.778. The number of nitrogens with two attached hydrogens (primary N) is 2.